The lowest BCUT2D eigenvalue weighted by atomic mass is 10.1. The maximum Gasteiger partial charge on any atom is 0.337 e. The molecule has 2 aromatic rings. The molecule has 0 unspecified atom stereocenters. The molecule has 0 saturated heterocycles. The summed E-state index contributed by atoms with van der Waals surface area (Å²) < 4.78 is 38.2. The number of carboxylic acids is 1. The van der Waals surface area contributed by atoms with E-state index in [1.54, 1.807) is 19.2 Å². The predicted octanol–water partition coefficient (Wildman–Crippen LogP) is 3.14. The third-order valence-electron chi connectivity index (χ3n) is 4.53. The Labute approximate surface area is 177 Å². The van der Waals surface area contributed by atoms with Crippen molar-refractivity contribution in [1.29, 1.82) is 0 Å². The Morgan fingerprint density at radius 1 is 1.03 bits per heavy atom. The van der Waals surface area contributed by atoms with Gasteiger partial charge in [0, 0.05) is 18.8 Å². The highest BCUT2D eigenvalue weighted by Gasteiger charge is 2.19. The highest BCUT2D eigenvalue weighted by atomic mass is 32.2. The zero-order chi connectivity index (χ0) is 22.1. The van der Waals surface area contributed by atoms with Gasteiger partial charge in [-0.15, -0.1) is 0 Å². The Morgan fingerprint density at radius 3 is 2.40 bits per heavy atom. The number of anilines is 1. The molecular weight excluding hydrogens is 408 g/mol. The monoisotopic (exact) mass is 436 g/mol. The van der Waals surface area contributed by atoms with Crippen molar-refractivity contribution in [3.05, 3.63) is 47.5 Å². The van der Waals surface area contributed by atoms with E-state index < -0.39 is 16.0 Å². The van der Waals surface area contributed by atoms with Gasteiger partial charge in [-0.2, -0.15) is 0 Å². The number of methoxy groups -OCH3 is 2. The molecule has 9 heteroatoms. The lowest BCUT2D eigenvalue weighted by Crippen LogP contribution is -2.26. The molecule has 0 spiro atoms. The summed E-state index contributed by atoms with van der Waals surface area (Å²) in [5.74, 6) is -0.0258. The average molecular weight is 437 g/mol. The molecular formula is C21H28N2O6S. The van der Waals surface area contributed by atoms with Gasteiger partial charge in [0.25, 0.3) is 0 Å². The van der Waals surface area contributed by atoms with Crippen LogP contribution in [0.15, 0.2) is 41.3 Å². The first-order chi connectivity index (χ1) is 14.3. The van der Waals surface area contributed by atoms with Gasteiger partial charge in [0.05, 0.1) is 24.7 Å². The molecule has 0 aliphatic rings. The molecule has 0 aromatic heterocycles. The van der Waals surface area contributed by atoms with Crippen LogP contribution in [0.25, 0.3) is 0 Å². The number of hydrogen-bond acceptors (Lipinski definition) is 6. The zero-order valence-corrected chi connectivity index (χ0v) is 18.2. The van der Waals surface area contributed by atoms with Crippen LogP contribution in [-0.2, 0) is 16.4 Å². The zero-order valence-electron chi connectivity index (χ0n) is 17.4. The van der Waals surface area contributed by atoms with Gasteiger partial charge in [0.2, 0.25) is 10.0 Å². The van der Waals surface area contributed by atoms with Crippen LogP contribution in [0.4, 0.5) is 5.69 Å². The first-order valence-corrected chi connectivity index (χ1v) is 11.1. The Balaban J connectivity index is 2.09. The number of carboxylic acid groups (broad SMARTS) is 1. The Bertz CT molecular complexity index is 975. The molecule has 164 valence electrons. The van der Waals surface area contributed by atoms with E-state index in [2.05, 4.69) is 10.0 Å². The summed E-state index contributed by atoms with van der Waals surface area (Å²) in [6.45, 7) is 2.80. The minimum Gasteiger partial charge on any atom is -0.493 e. The van der Waals surface area contributed by atoms with E-state index in [0.29, 0.717) is 30.2 Å². The minimum atomic E-state index is -3.85. The number of rotatable bonds is 12. The number of carbonyl (C=O) groups is 1. The van der Waals surface area contributed by atoms with Crippen molar-refractivity contribution in [2.45, 2.75) is 31.1 Å². The van der Waals surface area contributed by atoms with Crippen LogP contribution in [0.1, 0.15) is 35.7 Å². The Hall–Kier alpha value is -2.78. The highest BCUT2D eigenvalue weighted by Crippen LogP contribution is 2.27. The summed E-state index contributed by atoms with van der Waals surface area (Å²) in [5, 5.41) is 12.5. The van der Waals surface area contributed by atoms with Crippen LogP contribution >= 0.6 is 0 Å². The normalized spacial score (nSPS) is 11.2. The third-order valence-corrected chi connectivity index (χ3v) is 5.99. The van der Waals surface area contributed by atoms with E-state index in [0.717, 1.165) is 18.4 Å². The molecule has 0 saturated carbocycles. The van der Waals surface area contributed by atoms with Crippen LogP contribution in [0.3, 0.4) is 0 Å². The minimum absolute atomic E-state index is 0.0751. The van der Waals surface area contributed by atoms with E-state index >= 15 is 0 Å². The van der Waals surface area contributed by atoms with Crippen molar-refractivity contribution in [3.63, 3.8) is 0 Å². The standard InChI is InChI=1S/C21H28N2O6S/c1-4-5-11-22-18-8-7-16(14-17(18)21(24)25)30(26,27)23-12-10-15-6-9-19(28-2)20(13-15)29-3/h6-9,13-14,22-23H,4-5,10-12H2,1-3H3,(H,24,25). The molecule has 0 amide bonds. The second-order valence-corrected chi connectivity index (χ2v) is 8.40. The third kappa shape index (κ3) is 6.11. The maximum absolute atomic E-state index is 12.6. The van der Waals surface area contributed by atoms with Crippen molar-refractivity contribution >= 4 is 21.7 Å². The van der Waals surface area contributed by atoms with Gasteiger partial charge >= 0.3 is 5.97 Å². The SMILES string of the molecule is CCCCNc1ccc(S(=O)(=O)NCCc2ccc(OC)c(OC)c2)cc1C(=O)O. The van der Waals surface area contributed by atoms with E-state index in [1.165, 1.54) is 25.3 Å². The molecule has 0 fully saturated rings. The topological polar surface area (TPSA) is 114 Å². The highest BCUT2D eigenvalue weighted by molar-refractivity contribution is 7.89. The lowest BCUT2D eigenvalue weighted by Gasteiger charge is -2.13. The number of ether oxygens (including phenoxy) is 2. The van der Waals surface area contributed by atoms with Crippen molar-refractivity contribution < 1.29 is 27.8 Å². The molecule has 0 atom stereocenters. The Kier molecular flexibility index (Phi) is 8.49. The van der Waals surface area contributed by atoms with Crippen LogP contribution in [0.5, 0.6) is 11.5 Å². The number of benzene rings is 2. The molecule has 0 heterocycles. The quantitative estimate of drug-likeness (QED) is 0.438. The van der Waals surface area contributed by atoms with Crippen molar-refractivity contribution in [2.24, 2.45) is 0 Å². The molecule has 3 N–H and O–H groups in total. The van der Waals surface area contributed by atoms with Crippen LogP contribution in [0, 0.1) is 0 Å². The molecule has 0 aliphatic carbocycles. The maximum atomic E-state index is 12.6. The van der Waals surface area contributed by atoms with Gasteiger partial charge in [-0.3, -0.25) is 0 Å². The summed E-state index contributed by atoms with van der Waals surface area (Å²) >= 11 is 0. The van der Waals surface area contributed by atoms with Gasteiger partial charge in [0.1, 0.15) is 0 Å². The fourth-order valence-corrected chi connectivity index (χ4v) is 3.93. The summed E-state index contributed by atoms with van der Waals surface area (Å²) in [7, 11) is -0.778. The van der Waals surface area contributed by atoms with Crippen molar-refractivity contribution in [3.8, 4) is 11.5 Å². The van der Waals surface area contributed by atoms with Crippen LogP contribution in [-0.4, -0.2) is 46.8 Å². The fraction of sp³-hybridized carbons (Fsp3) is 0.381. The van der Waals surface area contributed by atoms with Gasteiger partial charge in [-0.25, -0.2) is 17.9 Å². The average Bonchev–Trinajstić information content (AvgIpc) is 2.73. The van der Waals surface area contributed by atoms with E-state index in [9.17, 15) is 18.3 Å². The van der Waals surface area contributed by atoms with Crippen molar-refractivity contribution in [2.75, 3.05) is 32.6 Å². The lowest BCUT2D eigenvalue weighted by molar-refractivity contribution is 0.0697. The van der Waals surface area contributed by atoms with Crippen LogP contribution in [0.2, 0.25) is 0 Å². The summed E-state index contributed by atoms with van der Waals surface area (Å²) in [5.41, 5.74) is 1.20. The van der Waals surface area contributed by atoms with Gasteiger partial charge in [-0.1, -0.05) is 19.4 Å². The van der Waals surface area contributed by atoms with Crippen molar-refractivity contribution in [1.82, 2.24) is 4.72 Å². The first-order valence-electron chi connectivity index (χ1n) is 9.64. The van der Waals surface area contributed by atoms with E-state index in [-0.39, 0.29) is 17.0 Å². The summed E-state index contributed by atoms with van der Waals surface area (Å²) in [4.78, 5) is 11.5. The smallest absolute Gasteiger partial charge is 0.337 e. The number of nitrogens with one attached hydrogen (secondary N) is 2. The van der Waals surface area contributed by atoms with E-state index in [1.807, 2.05) is 13.0 Å². The molecule has 0 bridgehead atoms. The summed E-state index contributed by atoms with van der Waals surface area (Å²) in [6.07, 6.45) is 2.28. The molecule has 2 rings (SSSR count). The largest absolute Gasteiger partial charge is 0.493 e. The van der Waals surface area contributed by atoms with Gasteiger partial charge in [0.15, 0.2) is 11.5 Å². The number of aromatic carboxylic acids is 1. The molecule has 0 aliphatic heterocycles. The summed E-state index contributed by atoms with van der Waals surface area (Å²) in [6, 6.07) is 9.43. The number of unbranched alkanes of at least 4 members (excludes halogenated alkanes) is 1. The number of sulfonamides is 1. The van der Waals surface area contributed by atoms with Crippen LogP contribution < -0.4 is 19.5 Å². The molecule has 8 nitrogen and oxygen atoms in total. The number of hydrogen-bond donors (Lipinski definition) is 3. The second-order valence-electron chi connectivity index (χ2n) is 6.63. The van der Waals surface area contributed by atoms with Gasteiger partial charge in [-0.05, 0) is 48.7 Å². The second kappa shape index (κ2) is 10.8. The van der Waals surface area contributed by atoms with E-state index in [4.69, 9.17) is 9.47 Å². The fourth-order valence-electron chi connectivity index (χ4n) is 2.87. The molecule has 2 aromatic carbocycles. The molecule has 0 radical (unpaired) electrons. The van der Waals surface area contributed by atoms with Gasteiger partial charge < -0.3 is 19.9 Å². The Morgan fingerprint density at radius 2 is 1.77 bits per heavy atom. The molecule has 30 heavy (non-hydrogen) atoms. The first kappa shape index (κ1) is 23.5. The predicted molar refractivity (Wildman–Crippen MR) is 115 cm³/mol.